The van der Waals surface area contributed by atoms with Crippen LogP contribution in [0.3, 0.4) is 0 Å². The molecule has 2 heterocycles. The molecule has 20 heavy (non-hydrogen) atoms. The fourth-order valence-electron chi connectivity index (χ4n) is 1.60. The maximum Gasteiger partial charge on any atom is 0.313 e. The quantitative estimate of drug-likeness (QED) is 0.717. The van der Waals surface area contributed by atoms with E-state index in [-0.39, 0.29) is 12.4 Å². The van der Waals surface area contributed by atoms with Crippen LogP contribution in [0.2, 0.25) is 0 Å². The first kappa shape index (κ1) is 15.5. The summed E-state index contributed by atoms with van der Waals surface area (Å²) in [6.45, 7) is 0.395. The van der Waals surface area contributed by atoms with Crippen LogP contribution in [-0.2, 0) is 24.4 Å². The number of nitrogens with zero attached hydrogens (tertiary/aromatic N) is 3. The third-order valence-corrected chi connectivity index (χ3v) is 5.11. The summed E-state index contributed by atoms with van der Waals surface area (Å²) in [5.74, 6) is -0.528. The molecule has 0 aliphatic carbocycles. The second-order valence-corrected chi connectivity index (χ2v) is 7.34. The Labute approximate surface area is 132 Å². The number of hydrogen-bond acceptors (Lipinski definition) is 6. The van der Waals surface area contributed by atoms with Crippen molar-refractivity contribution < 1.29 is 15.0 Å². The highest BCUT2D eigenvalue weighted by atomic mass is 79.9. The summed E-state index contributed by atoms with van der Waals surface area (Å²) >= 11 is 6.16. The lowest BCUT2D eigenvalue weighted by Gasteiger charge is -2.07. The Kier molecular flexibility index (Phi) is 5.58. The molecule has 0 saturated heterocycles. The molecule has 108 valence electrons. The number of aliphatic hydroxyl groups is 1. The van der Waals surface area contributed by atoms with Crippen molar-refractivity contribution in [3.63, 3.8) is 0 Å². The highest BCUT2D eigenvalue weighted by Crippen LogP contribution is 2.24. The molecule has 0 aromatic carbocycles. The molecule has 0 radical (unpaired) electrons. The fraction of sp³-hybridized carbons (Fsp3) is 0.364. The highest BCUT2D eigenvalue weighted by molar-refractivity contribution is 9.11. The molecule has 2 aromatic rings. The molecule has 0 unspecified atom stereocenters. The molecular formula is C11H12BrN3O3S2. The SMILES string of the molecule is O=C(O)CSc1nnc(CO)n1CCc1ccc(Br)s1. The summed E-state index contributed by atoms with van der Waals surface area (Å²) in [7, 11) is 0. The molecule has 0 atom stereocenters. The minimum absolute atomic E-state index is 0.0753. The largest absolute Gasteiger partial charge is 0.481 e. The summed E-state index contributed by atoms with van der Waals surface area (Å²) in [4.78, 5) is 11.8. The van der Waals surface area contributed by atoms with Crippen LogP contribution in [0, 0.1) is 0 Å². The van der Waals surface area contributed by atoms with Crippen molar-refractivity contribution in [1.29, 1.82) is 0 Å². The lowest BCUT2D eigenvalue weighted by atomic mass is 10.3. The van der Waals surface area contributed by atoms with Gasteiger partial charge in [-0.25, -0.2) is 0 Å². The van der Waals surface area contributed by atoms with Gasteiger partial charge in [-0.3, -0.25) is 4.79 Å². The molecule has 0 fully saturated rings. The van der Waals surface area contributed by atoms with Crippen LogP contribution in [0.15, 0.2) is 21.1 Å². The Balaban J connectivity index is 2.07. The van der Waals surface area contributed by atoms with Crippen LogP contribution in [0.5, 0.6) is 0 Å². The van der Waals surface area contributed by atoms with Crippen molar-refractivity contribution in [3.05, 3.63) is 26.6 Å². The number of hydrogen-bond donors (Lipinski definition) is 2. The van der Waals surface area contributed by atoms with E-state index < -0.39 is 5.97 Å². The van der Waals surface area contributed by atoms with Crippen LogP contribution in [0.25, 0.3) is 0 Å². The number of aliphatic carboxylic acids is 1. The van der Waals surface area contributed by atoms with Gasteiger partial charge in [-0.15, -0.1) is 21.5 Å². The third-order valence-electron chi connectivity index (χ3n) is 2.47. The molecule has 2 N–H and O–H groups in total. The van der Waals surface area contributed by atoms with Gasteiger partial charge < -0.3 is 14.8 Å². The standard InChI is InChI=1S/C11H12BrN3O3S2/c12-8-2-1-7(20-8)3-4-15-9(5-16)13-14-11(15)19-6-10(17)18/h1-2,16H,3-6H2,(H,17,18). The second-order valence-electron chi connectivity index (χ2n) is 3.85. The van der Waals surface area contributed by atoms with E-state index in [4.69, 9.17) is 5.11 Å². The monoisotopic (exact) mass is 377 g/mol. The lowest BCUT2D eigenvalue weighted by molar-refractivity contribution is -0.133. The molecule has 0 amide bonds. The van der Waals surface area contributed by atoms with Crippen molar-refractivity contribution in [2.45, 2.75) is 24.7 Å². The van der Waals surface area contributed by atoms with Gasteiger partial charge in [-0.1, -0.05) is 11.8 Å². The molecule has 0 bridgehead atoms. The van der Waals surface area contributed by atoms with Crippen molar-refractivity contribution in [2.75, 3.05) is 5.75 Å². The minimum atomic E-state index is -0.905. The van der Waals surface area contributed by atoms with E-state index in [1.54, 1.807) is 15.9 Å². The minimum Gasteiger partial charge on any atom is -0.481 e. The van der Waals surface area contributed by atoms with Crippen molar-refractivity contribution in [1.82, 2.24) is 14.8 Å². The van der Waals surface area contributed by atoms with E-state index in [9.17, 15) is 9.90 Å². The van der Waals surface area contributed by atoms with E-state index in [1.165, 1.54) is 4.88 Å². The van der Waals surface area contributed by atoms with Crippen LogP contribution < -0.4 is 0 Å². The first-order valence-electron chi connectivity index (χ1n) is 5.72. The zero-order chi connectivity index (χ0) is 14.5. The fourth-order valence-corrected chi connectivity index (χ4v) is 3.78. The number of carboxylic acid groups (broad SMARTS) is 1. The number of thioether (sulfide) groups is 1. The Morgan fingerprint density at radius 3 is 2.85 bits per heavy atom. The number of thiophene rings is 1. The zero-order valence-electron chi connectivity index (χ0n) is 10.3. The number of aryl methyl sites for hydroxylation is 1. The van der Waals surface area contributed by atoms with Crippen molar-refractivity contribution in [3.8, 4) is 0 Å². The molecule has 2 aromatic heterocycles. The predicted molar refractivity (Wildman–Crippen MR) is 80.0 cm³/mol. The number of aliphatic hydroxyl groups excluding tert-OH is 1. The van der Waals surface area contributed by atoms with Gasteiger partial charge in [-0.2, -0.15) is 0 Å². The highest BCUT2D eigenvalue weighted by Gasteiger charge is 2.13. The summed E-state index contributed by atoms with van der Waals surface area (Å²) in [6.07, 6.45) is 0.780. The topological polar surface area (TPSA) is 88.2 Å². The number of carbonyl (C=O) groups is 1. The van der Waals surface area contributed by atoms with E-state index in [1.807, 2.05) is 12.1 Å². The lowest BCUT2D eigenvalue weighted by Crippen LogP contribution is -2.08. The molecule has 0 aliphatic rings. The summed E-state index contributed by atoms with van der Waals surface area (Å²) < 4.78 is 2.83. The average Bonchev–Trinajstić information content (AvgIpc) is 2.99. The molecule has 2 rings (SSSR count). The number of rotatable bonds is 7. The summed E-state index contributed by atoms with van der Waals surface area (Å²) in [5, 5.41) is 26.3. The smallest absolute Gasteiger partial charge is 0.313 e. The second kappa shape index (κ2) is 7.21. The summed E-state index contributed by atoms with van der Waals surface area (Å²) in [6, 6.07) is 4.01. The Hall–Kier alpha value is -0.900. The third kappa shape index (κ3) is 4.05. The van der Waals surface area contributed by atoms with Gasteiger partial charge in [0.05, 0.1) is 9.54 Å². The van der Waals surface area contributed by atoms with Crippen LogP contribution in [-0.4, -0.2) is 36.7 Å². The molecule has 0 spiro atoms. The summed E-state index contributed by atoms with van der Waals surface area (Å²) in [5.41, 5.74) is 0. The maximum absolute atomic E-state index is 10.6. The Bertz CT molecular complexity index is 600. The van der Waals surface area contributed by atoms with Gasteiger partial charge in [0.25, 0.3) is 0 Å². The molecule has 0 aliphatic heterocycles. The molecule has 0 saturated carbocycles. The Morgan fingerprint density at radius 1 is 1.45 bits per heavy atom. The first-order valence-corrected chi connectivity index (χ1v) is 8.31. The van der Waals surface area contributed by atoms with Gasteiger partial charge in [0.1, 0.15) is 6.61 Å². The van der Waals surface area contributed by atoms with Gasteiger partial charge in [0.2, 0.25) is 0 Å². The van der Waals surface area contributed by atoms with Crippen LogP contribution in [0.1, 0.15) is 10.7 Å². The van der Waals surface area contributed by atoms with E-state index in [0.717, 1.165) is 22.0 Å². The Morgan fingerprint density at radius 2 is 2.25 bits per heavy atom. The molecular weight excluding hydrogens is 366 g/mol. The first-order chi connectivity index (χ1) is 9.60. The normalized spacial score (nSPS) is 10.9. The van der Waals surface area contributed by atoms with E-state index >= 15 is 0 Å². The van der Waals surface area contributed by atoms with E-state index in [2.05, 4.69) is 26.1 Å². The molecule has 9 heteroatoms. The predicted octanol–water partition coefficient (Wildman–Crippen LogP) is 2.01. The number of halogens is 1. The maximum atomic E-state index is 10.6. The van der Waals surface area contributed by atoms with Gasteiger partial charge in [0, 0.05) is 11.4 Å². The van der Waals surface area contributed by atoms with Crippen molar-refractivity contribution in [2.24, 2.45) is 0 Å². The van der Waals surface area contributed by atoms with Crippen molar-refractivity contribution >= 4 is 45.0 Å². The zero-order valence-corrected chi connectivity index (χ0v) is 13.5. The molecule has 6 nitrogen and oxygen atoms in total. The van der Waals surface area contributed by atoms with E-state index in [0.29, 0.717) is 17.5 Å². The van der Waals surface area contributed by atoms with Crippen LogP contribution >= 0.6 is 39.0 Å². The number of aromatic nitrogens is 3. The van der Waals surface area contributed by atoms with Gasteiger partial charge >= 0.3 is 5.97 Å². The van der Waals surface area contributed by atoms with Crippen LogP contribution in [0.4, 0.5) is 0 Å². The average molecular weight is 378 g/mol. The van der Waals surface area contributed by atoms with Gasteiger partial charge in [0.15, 0.2) is 11.0 Å². The van der Waals surface area contributed by atoms with Gasteiger partial charge in [-0.05, 0) is 34.5 Å². The number of carboxylic acids is 1.